The van der Waals surface area contributed by atoms with Gasteiger partial charge in [-0.05, 0) is 143 Å². The molecule has 16 aromatic rings. The topological polar surface area (TPSA) is 85.2 Å². The van der Waals surface area contributed by atoms with Crippen molar-refractivity contribution in [1.82, 2.24) is 29.1 Å². The lowest BCUT2D eigenvalue weighted by Gasteiger charge is -2.20. The molecule has 6 aromatic heterocycles. The summed E-state index contributed by atoms with van der Waals surface area (Å²) in [4.78, 5) is 20.0. The summed E-state index contributed by atoms with van der Waals surface area (Å²) in [5.74, 6) is 0. The summed E-state index contributed by atoms with van der Waals surface area (Å²) in [6.45, 7) is 2.19. The lowest BCUT2D eigenvalue weighted by Crippen LogP contribution is -2.05. The Morgan fingerprint density at radius 1 is 0.270 bits per heavy atom. The minimum absolute atomic E-state index is 0.599. The summed E-state index contributed by atoms with van der Waals surface area (Å²) in [7, 11) is 0. The van der Waals surface area contributed by atoms with E-state index in [0.717, 1.165) is 161 Å². The molecule has 0 radical (unpaired) electrons. The average molecular weight is 1140 g/mol. The molecule has 6 heterocycles. The molecule has 416 valence electrons. The first kappa shape index (κ1) is 52.4. The highest BCUT2D eigenvalue weighted by molar-refractivity contribution is 6.15. The number of aromatic nitrogens is 6. The van der Waals surface area contributed by atoms with E-state index < -0.39 is 0 Å². The van der Waals surface area contributed by atoms with Crippen LogP contribution in [0.4, 0.5) is 0 Å². The zero-order valence-electron chi connectivity index (χ0n) is 48.5. The molecule has 0 fully saturated rings. The Morgan fingerprint density at radius 2 is 0.573 bits per heavy atom. The van der Waals surface area contributed by atoms with Crippen LogP contribution in [-0.4, -0.2) is 29.1 Å². The number of fused-ring (bicyclic) bond motifs is 6. The van der Waals surface area contributed by atoms with Crippen molar-refractivity contribution < 1.29 is 0 Å². The molecule has 0 N–H and O–H groups in total. The number of nitrogens with zero attached hydrogens (tertiary/aromatic N) is 7. The van der Waals surface area contributed by atoms with Crippen molar-refractivity contribution in [2.24, 2.45) is 0 Å². The molecule has 0 aliphatic heterocycles. The Morgan fingerprint density at radius 3 is 0.899 bits per heavy atom. The number of benzene rings is 10. The lowest BCUT2D eigenvalue weighted by atomic mass is 9.96. The van der Waals surface area contributed by atoms with Crippen molar-refractivity contribution in [3.63, 3.8) is 0 Å². The van der Waals surface area contributed by atoms with E-state index in [2.05, 4.69) is 234 Å². The molecule has 89 heavy (non-hydrogen) atoms. The fourth-order valence-corrected chi connectivity index (χ4v) is 13.2. The fourth-order valence-electron chi connectivity index (χ4n) is 13.2. The predicted octanol–water partition coefficient (Wildman–Crippen LogP) is 20.6. The van der Waals surface area contributed by atoms with Crippen molar-refractivity contribution >= 4 is 43.6 Å². The van der Waals surface area contributed by atoms with E-state index in [-0.39, 0.29) is 0 Å². The number of pyridine rings is 4. The first-order valence-electron chi connectivity index (χ1n) is 29.9. The number of aryl methyl sites for hydroxylation is 1. The summed E-state index contributed by atoms with van der Waals surface area (Å²) in [6, 6.07) is 101. The van der Waals surface area contributed by atoms with Gasteiger partial charge in [0.05, 0.1) is 67.8 Å². The molecular weight excluding hydrogens is 1080 g/mol. The van der Waals surface area contributed by atoms with Crippen molar-refractivity contribution in [3.8, 4) is 118 Å². The quantitative estimate of drug-likeness (QED) is 0.129. The third kappa shape index (κ3) is 9.23. The van der Waals surface area contributed by atoms with Crippen LogP contribution in [0.5, 0.6) is 0 Å². The van der Waals surface area contributed by atoms with Gasteiger partial charge in [-0.1, -0.05) is 182 Å². The van der Waals surface area contributed by atoms with Crippen molar-refractivity contribution in [2.45, 2.75) is 6.92 Å². The second-order valence-corrected chi connectivity index (χ2v) is 22.5. The molecule has 0 atom stereocenters. The number of rotatable bonds is 11. The molecule has 0 saturated carbocycles. The second kappa shape index (κ2) is 22.1. The lowest BCUT2D eigenvalue weighted by molar-refractivity contribution is 1.09. The summed E-state index contributed by atoms with van der Waals surface area (Å²) < 4.78 is 4.92. The summed E-state index contributed by atoms with van der Waals surface area (Å²) >= 11 is 0. The first-order valence-corrected chi connectivity index (χ1v) is 29.9. The van der Waals surface area contributed by atoms with E-state index in [0.29, 0.717) is 5.56 Å². The third-order valence-corrected chi connectivity index (χ3v) is 17.3. The van der Waals surface area contributed by atoms with Gasteiger partial charge in [-0.15, -0.1) is 0 Å². The fraction of sp³-hybridized carbons (Fsp3) is 0.0122. The van der Waals surface area contributed by atoms with Gasteiger partial charge in [-0.2, -0.15) is 5.26 Å². The van der Waals surface area contributed by atoms with Gasteiger partial charge in [0.1, 0.15) is 0 Å². The minimum Gasteiger partial charge on any atom is -0.307 e. The molecule has 7 heteroatoms. The number of nitriles is 1. The number of hydrogen-bond donors (Lipinski definition) is 0. The van der Waals surface area contributed by atoms with Crippen LogP contribution in [0.1, 0.15) is 11.1 Å². The molecule has 0 saturated heterocycles. The van der Waals surface area contributed by atoms with Crippen LogP contribution in [0.25, 0.3) is 156 Å². The van der Waals surface area contributed by atoms with E-state index in [1.165, 1.54) is 0 Å². The van der Waals surface area contributed by atoms with E-state index >= 15 is 0 Å². The highest BCUT2D eigenvalue weighted by atomic mass is 15.1. The van der Waals surface area contributed by atoms with E-state index in [1.807, 2.05) is 91.5 Å². The van der Waals surface area contributed by atoms with E-state index in [1.54, 1.807) is 0 Å². The van der Waals surface area contributed by atoms with Crippen LogP contribution >= 0.6 is 0 Å². The van der Waals surface area contributed by atoms with Gasteiger partial charge in [0, 0.05) is 90.8 Å². The molecule has 0 amide bonds. The maximum absolute atomic E-state index is 10.3. The Hall–Kier alpha value is -12.1. The highest BCUT2D eigenvalue weighted by Gasteiger charge is 2.25. The van der Waals surface area contributed by atoms with Gasteiger partial charge in [0.15, 0.2) is 0 Å². The van der Waals surface area contributed by atoms with Crippen LogP contribution in [0, 0.1) is 18.3 Å². The SMILES string of the molecule is Cc1cc(-n2c3ccc(-c4cccnc4-c4ccccc4)cc3c3cc(-c4cccnc4-c4ccccc4)ccc32)c(-n2c3ccc(-c4cccnc4-c4ccccc4)cc3c3cc(-c4cccnc4-c4ccccc4)ccc32)cc1-c1cccc(C#N)c1. The summed E-state index contributed by atoms with van der Waals surface area (Å²) in [5, 5.41) is 14.7. The normalized spacial score (nSPS) is 11.4. The largest absolute Gasteiger partial charge is 0.307 e. The van der Waals surface area contributed by atoms with Crippen molar-refractivity contribution in [2.75, 3.05) is 0 Å². The predicted molar refractivity (Wildman–Crippen MR) is 365 cm³/mol. The standard InChI is InChI=1S/C82H53N7/c1-53-45-77(88-73-37-33-60(64-29-15-41-84-79(64)55-20-6-2-7-21-55)47-69(73)70-48-61(34-38-74(70)88)65-30-16-42-85-80(65)56-22-8-3-9-23-56)78(51-68(53)59-28-14-19-54(46-59)52-83)89-75-39-35-62(66-31-17-43-86-81(66)57-24-10-4-11-25-57)49-71(75)72-50-63(36-40-76(72)89)67-32-18-44-87-82(67)58-26-12-5-13-27-58/h2-51H,1H3. The van der Waals surface area contributed by atoms with Crippen LogP contribution in [0.2, 0.25) is 0 Å². The monoisotopic (exact) mass is 1140 g/mol. The van der Waals surface area contributed by atoms with Gasteiger partial charge in [-0.3, -0.25) is 19.9 Å². The highest BCUT2D eigenvalue weighted by Crippen LogP contribution is 2.46. The molecule has 0 unspecified atom stereocenters. The van der Waals surface area contributed by atoms with Gasteiger partial charge >= 0.3 is 0 Å². The minimum atomic E-state index is 0.599. The van der Waals surface area contributed by atoms with Gasteiger partial charge < -0.3 is 9.13 Å². The van der Waals surface area contributed by atoms with Crippen LogP contribution in [-0.2, 0) is 0 Å². The van der Waals surface area contributed by atoms with Crippen molar-refractivity contribution in [1.29, 1.82) is 5.26 Å². The van der Waals surface area contributed by atoms with Gasteiger partial charge in [0.25, 0.3) is 0 Å². The summed E-state index contributed by atoms with van der Waals surface area (Å²) in [5.41, 5.74) is 26.1. The van der Waals surface area contributed by atoms with E-state index in [9.17, 15) is 5.26 Å². The Balaban J connectivity index is 0.998. The molecule has 0 aliphatic rings. The van der Waals surface area contributed by atoms with Crippen LogP contribution in [0.3, 0.4) is 0 Å². The van der Waals surface area contributed by atoms with E-state index in [4.69, 9.17) is 19.9 Å². The van der Waals surface area contributed by atoms with Crippen LogP contribution in [0.15, 0.2) is 304 Å². The molecule has 0 bridgehead atoms. The molecule has 0 aliphatic carbocycles. The second-order valence-electron chi connectivity index (χ2n) is 22.5. The molecule has 16 rings (SSSR count). The molecule has 0 spiro atoms. The average Bonchev–Trinajstić information content (AvgIpc) is 1.63. The zero-order valence-corrected chi connectivity index (χ0v) is 48.5. The van der Waals surface area contributed by atoms with Crippen LogP contribution < -0.4 is 0 Å². The smallest absolute Gasteiger partial charge is 0.0991 e. The van der Waals surface area contributed by atoms with Gasteiger partial charge in [0.2, 0.25) is 0 Å². The van der Waals surface area contributed by atoms with Gasteiger partial charge in [-0.25, -0.2) is 0 Å². The summed E-state index contributed by atoms with van der Waals surface area (Å²) in [6.07, 6.45) is 7.51. The molecule has 10 aromatic carbocycles. The maximum atomic E-state index is 10.3. The molecular formula is C82H53N7. The Bertz CT molecular complexity index is 5170. The van der Waals surface area contributed by atoms with Crippen molar-refractivity contribution in [3.05, 3.63) is 315 Å². The Kier molecular flexibility index (Phi) is 13.0. The Labute approximate surface area is 515 Å². The third-order valence-electron chi connectivity index (χ3n) is 17.3. The zero-order chi connectivity index (χ0) is 59.4. The number of hydrogen-bond acceptors (Lipinski definition) is 5. The molecule has 7 nitrogen and oxygen atoms in total. The maximum Gasteiger partial charge on any atom is 0.0991 e. The first-order chi connectivity index (χ1) is 44.0.